The van der Waals surface area contributed by atoms with E-state index in [4.69, 9.17) is 0 Å². The zero-order valence-corrected chi connectivity index (χ0v) is 18.1. The van der Waals surface area contributed by atoms with Gasteiger partial charge in [0.2, 0.25) is 5.91 Å². The van der Waals surface area contributed by atoms with Gasteiger partial charge >= 0.3 is 0 Å². The van der Waals surface area contributed by atoms with Gasteiger partial charge in [-0.25, -0.2) is 8.42 Å². The zero-order chi connectivity index (χ0) is 21.8. The van der Waals surface area contributed by atoms with E-state index in [1.165, 1.54) is 0 Å². The van der Waals surface area contributed by atoms with Gasteiger partial charge in [0.15, 0.2) is 9.84 Å². The Hall–Kier alpha value is -2.78. The summed E-state index contributed by atoms with van der Waals surface area (Å²) in [6.07, 6.45) is 3.18. The van der Waals surface area contributed by atoms with E-state index in [1.807, 2.05) is 35.2 Å². The summed E-state index contributed by atoms with van der Waals surface area (Å²) in [6, 6.07) is 12.5. The van der Waals surface area contributed by atoms with Gasteiger partial charge in [-0.15, -0.1) is 0 Å². The lowest BCUT2D eigenvalue weighted by Crippen LogP contribution is -2.54. The summed E-state index contributed by atoms with van der Waals surface area (Å²) in [5, 5.41) is 0. The highest BCUT2D eigenvalue weighted by molar-refractivity contribution is 7.91. The van der Waals surface area contributed by atoms with Crippen molar-refractivity contribution in [3.8, 4) is 0 Å². The highest BCUT2D eigenvalue weighted by Crippen LogP contribution is 2.26. The van der Waals surface area contributed by atoms with Crippen molar-refractivity contribution in [2.75, 3.05) is 50.8 Å². The summed E-state index contributed by atoms with van der Waals surface area (Å²) in [5.74, 6) is 0.00796. The molecule has 2 saturated heterocycles. The molecule has 2 aromatic rings. The molecule has 9 heteroatoms. The second kappa shape index (κ2) is 9.15. The van der Waals surface area contributed by atoms with Gasteiger partial charge in [0.25, 0.3) is 5.91 Å². The van der Waals surface area contributed by atoms with Crippen LogP contribution < -0.4 is 0 Å². The van der Waals surface area contributed by atoms with Crippen molar-refractivity contribution in [3.05, 3.63) is 66.0 Å². The van der Waals surface area contributed by atoms with E-state index in [2.05, 4.69) is 4.98 Å². The second-order valence-electron chi connectivity index (χ2n) is 7.86. The maximum Gasteiger partial charge on any atom is 0.255 e. The van der Waals surface area contributed by atoms with Crippen LogP contribution in [0.4, 0.5) is 0 Å². The Morgan fingerprint density at radius 1 is 0.839 bits per heavy atom. The molecule has 1 aromatic heterocycles. The Morgan fingerprint density at radius 3 is 2.10 bits per heavy atom. The van der Waals surface area contributed by atoms with Crippen LogP contribution in [0.3, 0.4) is 0 Å². The summed E-state index contributed by atoms with van der Waals surface area (Å²) in [6.45, 7) is 2.48. The molecule has 0 N–H and O–H groups in total. The maximum absolute atomic E-state index is 13.5. The second-order valence-corrected chi connectivity index (χ2v) is 10.2. The molecule has 4 rings (SSSR count). The quantitative estimate of drug-likeness (QED) is 0.697. The van der Waals surface area contributed by atoms with Crippen LogP contribution in [-0.2, 0) is 14.6 Å². The minimum atomic E-state index is -3.04. The van der Waals surface area contributed by atoms with E-state index in [0.717, 1.165) is 5.56 Å². The standard InChI is InChI=1S/C22H26N4O4S/c27-21(19-7-4-8-23-17-19)25-9-11-26(12-10-25)22(28)20(18-5-2-1-3-6-18)24-13-15-31(29,30)16-14-24/h1-8,17,20H,9-16H2. The SMILES string of the molecule is O=C(c1cccnc1)N1CCN(C(=O)C(c2ccccc2)N2CCS(=O)(=O)CC2)CC1. The summed E-state index contributed by atoms with van der Waals surface area (Å²) >= 11 is 0. The largest absolute Gasteiger partial charge is 0.337 e. The topological polar surface area (TPSA) is 90.9 Å². The summed E-state index contributed by atoms with van der Waals surface area (Å²) in [4.78, 5) is 35.7. The molecule has 8 nitrogen and oxygen atoms in total. The van der Waals surface area contributed by atoms with E-state index in [1.54, 1.807) is 34.3 Å². The van der Waals surface area contributed by atoms with Crippen LogP contribution in [0.15, 0.2) is 54.9 Å². The van der Waals surface area contributed by atoms with Crippen LogP contribution in [0.5, 0.6) is 0 Å². The van der Waals surface area contributed by atoms with Crippen LogP contribution in [0.2, 0.25) is 0 Å². The minimum absolute atomic E-state index is 0.0426. The molecule has 164 valence electrons. The molecule has 2 fully saturated rings. The molecule has 31 heavy (non-hydrogen) atoms. The van der Waals surface area contributed by atoms with E-state index in [9.17, 15) is 18.0 Å². The van der Waals surface area contributed by atoms with Crippen molar-refractivity contribution in [3.63, 3.8) is 0 Å². The molecule has 1 unspecified atom stereocenters. The molecular weight excluding hydrogens is 416 g/mol. The van der Waals surface area contributed by atoms with Gasteiger partial charge in [0, 0.05) is 51.7 Å². The molecule has 1 aromatic carbocycles. The third-order valence-electron chi connectivity index (χ3n) is 5.88. The highest BCUT2D eigenvalue weighted by Gasteiger charge is 2.36. The summed E-state index contributed by atoms with van der Waals surface area (Å²) < 4.78 is 23.8. The third kappa shape index (κ3) is 4.94. The van der Waals surface area contributed by atoms with E-state index in [-0.39, 0.29) is 23.3 Å². The lowest BCUT2D eigenvalue weighted by molar-refractivity contribution is -0.138. The van der Waals surface area contributed by atoms with Crippen LogP contribution in [0.25, 0.3) is 0 Å². The van der Waals surface area contributed by atoms with Crippen molar-refractivity contribution in [2.24, 2.45) is 0 Å². The minimum Gasteiger partial charge on any atom is -0.337 e. The molecular formula is C22H26N4O4S. The normalized spacial score (nSPS) is 20.3. The molecule has 2 aliphatic heterocycles. The first kappa shape index (κ1) is 21.5. The Bertz CT molecular complexity index is 1010. The predicted molar refractivity (Wildman–Crippen MR) is 116 cm³/mol. The number of piperazine rings is 1. The first-order chi connectivity index (χ1) is 14.9. The fourth-order valence-corrected chi connectivity index (χ4v) is 5.33. The number of hydrogen-bond acceptors (Lipinski definition) is 6. The molecule has 3 heterocycles. The number of sulfone groups is 1. The van der Waals surface area contributed by atoms with E-state index < -0.39 is 15.9 Å². The summed E-state index contributed by atoms with van der Waals surface area (Å²) in [7, 11) is -3.04. The van der Waals surface area contributed by atoms with Gasteiger partial charge in [-0.2, -0.15) is 0 Å². The van der Waals surface area contributed by atoms with E-state index in [0.29, 0.717) is 44.8 Å². The smallest absolute Gasteiger partial charge is 0.255 e. The molecule has 0 bridgehead atoms. The molecule has 0 spiro atoms. The van der Waals surface area contributed by atoms with Crippen LogP contribution in [-0.4, -0.2) is 90.7 Å². The van der Waals surface area contributed by atoms with Crippen LogP contribution in [0.1, 0.15) is 22.0 Å². The lowest BCUT2D eigenvalue weighted by atomic mass is 10.0. The first-order valence-electron chi connectivity index (χ1n) is 10.4. The number of hydrogen-bond donors (Lipinski definition) is 0. The van der Waals surface area contributed by atoms with Crippen molar-refractivity contribution >= 4 is 21.7 Å². The van der Waals surface area contributed by atoms with Crippen molar-refractivity contribution in [1.29, 1.82) is 0 Å². The average Bonchev–Trinajstić information content (AvgIpc) is 2.81. The number of aromatic nitrogens is 1. The van der Waals surface area contributed by atoms with Gasteiger partial charge in [-0.05, 0) is 17.7 Å². The Morgan fingerprint density at radius 2 is 1.48 bits per heavy atom. The fourth-order valence-electron chi connectivity index (χ4n) is 4.10. The number of rotatable bonds is 4. The average molecular weight is 443 g/mol. The number of carbonyl (C=O) groups is 2. The highest BCUT2D eigenvalue weighted by atomic mass is 32.2. The maximum atomic E-state index is 13.5. The number of carbonyl (C=O) groups excluding carboxylic acids is 2. The molecule has 0 saturated carbocycles. The number of benzene rings is 1. The third-order valence-corrected chi connectivity index (χ3v) is 7.49. The Kier molecular flexibility index (Phi) is 6.33. The number of nitrogens with zero attached hydrogens (tertiary/aromatic N) is 4. The molecule has 0 aliphatic carbocycles. The van der Waals surface area contributed by atoms with Crippen molar-refractivity contribution < 1.29 is 18.0 Å². The zero-order valence-electron chi connectivity index (χ0n) is 17.3. The monoisotopic (exact) mass is 442 g/mol. The number of pyridine rings is 1. The summed E-state index contributed by atoms with van der Waals surface area (Å²) in [5.41, 5.74) is 1.40. The lowest BCUT2D eigenvalue weighted by Gasteiger charge is -2.40. The van der Waals surface area contributed by atoms with Crippen LogP contribution in [0, 0.1) is 0 Å². The number of amides is 2. The molecule has 2 amide bonds. The Balaban J connectivity index is 1.46. The van der Waals surface area contributed by atoms with Gasteiger partial charge in [0.05, 0.1) is 17.1 Å². The van der Waals surface area contributed by atoms with Crippen LogP contribution >= 0.6 is 0 Å². The van der Waals surface area contributed by atoms with Crippen molar-refractivity contribution in [2.45, 2.75) is 6.04 Å². The first-order valence-corrected chi connectivity index (χ1v) is 12.2. The van der Waals surface area contributed by atoms with Gasteiger partial charge in [-0.3, -0.25) is 19.5 Å². The van der Waals surface area contributed by atoms with Gasteiger partial charge in [-0.1, -0.05) is 30.3 Å². The molecule has 1 atom stereocenters. The van der Waals surface area contributed by atoms with Crippen molar-refractivity contribution in [1.82, 2.24) is 19.7 Å². The predicted octanol–water partition coefficient (Wildman–Crippen LogP) is 0.838. The van der Waals surface area contributed by atoms with E-state index >= 15 is 0 Å². The molecule has 2 aliphatic rings. The fraction of sp³-hybridized carbons (Fsp3) is 0.409. The van der Waals surface area contributed by atoms with Gasteiger partial charge < -0.3 is 9.80 Å². The molecule has 0 radical (unpaired) electrons. The Labute approximate surface area is 182 Å². The van der Waals surface area contributed by atoms with Gasteiger partial charge in [0.1, 0.15) is 6.04 Å².